The first-order valence-electron chi connectivity index (χ1n) is 8.40. The monoisotopic (exact) mass is 465 g/mol. The van der Waals surface area contributed by atoms with E-state index in [0.29, 0.717) is 25.0 Å². The zero-order valence-corrected chi connectivity index (χ0v) is 17.5. The Labute approximate surface area is 170 Å². The van der Waals surface area contributed by atoms with Crippen LogP contribution in [0.2, 0.25) is 0 Å². The summed E-state index contributed by atoms with van der Waals surface area (Å²) in [5.74, 6) is 1.86. The summed E-state index contributed by atoms with van der Waals surface area (Å²) in [7, 11) is 1.75. The van der Waals surface area contributed by atoms with Crippen LogP contribution in [0.25, 0.3) is 10.9 Å². The number of nitrogens with one attached hydrogen (secondary N) is 2. The molecule has 0 aliphatic rings. The Balaban J connectivity index is 0.00000243. The standard InChI is InChI=1S/C19H23N5O.HI/c1-13(2)18-10-15(25-24-18)12-23-19(20-3)22-11-14-8-9-21-17-7-5-4-6-16(14)17;/h4-10,13H,11-12H2,1-3H3,(H2,20,22,23);1H. The molecular formula is C19H24IN5O. The average Bonchev–Trinajstić information content (AvgIpc) is 3.11. The number of fused-ring (bicyclic) bond motifs is 1. The number of aliphatic imine (C=N–C) groups is 1. The Kier molecular flexibility index (Phi) is 7.38. The Hall–Kier alpha value is -2.16. The number of rotatable bonds is 5. The van der Waals surface area contributed by atoms with Gasteiger partial charge in [0, 0.05) is 31.2 Å². The molecule has 0 radical (unpaired) electrons. The fourth-order valence-electron chi connectivity index (χ4n) is 2.56. The molecule has 0 bridgehead atoms. The van der Waals surface area contributed by atoms with Crippen molar-refractivity contribution in [3.05, 3.63) is 59.6 Å². The van der Waals surface area contributed by atoms with Gasteiger partial charge in [0.05, 0.1) is 17.8 Å². The summed E-state index contributed by atoms with van der Waals surface area (Å²) in [6.45, 7) is 5.38. The van der Waals surface area contributed by atoms with Crippen LogP contribution in [0.15, 0.2) is 52.1 Å². The molecule has 2 heterocycles. The van der Waals surface area contributed by atoms with Crippen molar-refractivity contribution in [1.29, 1.82) is 0 Å². The molecule has 3 aromatic rings. The number of nitrogens with zero attached hydrogens (tertiary/aromatic N) is 3. The summed E-state index contributed by atoms with van der Waals surface area (Å²) < 4.78 is 5.34. The maximum atomic E-state index is 5.34. The Bertz CT molecular complexity index is 870. The fraction of sp³-hybridized carbons (Fsp3) is 0.316. The quantitative estimate of drug-likeness (QED) is 0.341. The largest absolute Gasteiger partial charge is 0.359 e. The molecule has 7 heteroatoms. The molecule has 6 nitrogen and oxygen atoms in total. The molecule has 0 saturated heterocycles. The van der Waals surface area contributed by atoms with E-state index in [4.69, 9.17) is 4.52 Å². The minimum absolute atomic E-state index is 0. The van der Waals surface area contributed by atoms with Crippen molar-refractivity contribution in [1.82, 2.24) is 20.8 Å². The van der Waals surface area contributed by atoms with Crippen LogP contribution in [0.1, 0.15) is 36.8 Å². The number of para-hydroxylation sites is 1. The zero-order chi connectivity index (χ0) is 17.6. The van der Waals surface area contributed by atoms with Gasteiger partial charge in [-0.25, -0.2) is 0 Å². The highest BCUT2D eigenvalue weighted by Gasteiger charge is 2.08. The lowest BCUT2D eigenvalue weighted by atomic mass is 10.1. The van der Waals surface area contributed by atoms with Crippen LogP contribution in [-0.4, -0.2) is 23.1 Å². The molecule has 0 fully saturated rings. The van der Waals surface area contributed by atoms with Crippen LogP contribution in [0.3, 0.4) is 0 Å². The smallest absolute Gasteiger partial charge is 0.191 e. The molecule has 1 aromatic carbocycles. The molecule has 0 aliphatic carbocycles. The first-order chi connectivity index (χ1) is 12.2. The highest BCUT2D eigenvalue weighted by atomic mass is 127. The third-order valence-electron chi connectivity index (χ3n) is 4.01. The zero-order valence-electron chi connectivity index (χ0n) is 15.2. The molecule has 0 unspecified atom stereocenters. The van der Waals surface area contributed by atoms with Crippen molar-refractivity contribution in [2.45, 2.75) is 32.9 Å². The number of benzene rings is 1. The van der Waals surface area contributed by atoms with Crippen molar-refractivity contribution in [3.63, 3.8) is 0 Å². The number of pyridine rings is 1. The maximum absolute atomic E-state index is 5.34. The van der Waals surface area contributed by atoms with Crippen molar-refractivity contribution >= 4 is 40.8 Å². The average molecular weight is 465 g/mol. The second kappa shape index (κ2) is 9.51. The lowest BCUT2D eigenvalue weighted by molar-refractivity contribution is 0.372. The van der Waals surface area contributed by atoms with E-state index in [2.05, 4.69) is 45.7 Å². The highest BCUT2D eigenvalue weighted by Crippen LogP contribution is 2.16. The minimum Gasteiger partial charge on any atom is -0.359 e. The van der Waals surface area contributed by atoms with Crippen molar-refractivity contribution in [2.24, 2.45) is 4.99 Å². The molecule has 2 aromatic heterocycles. The Morgan fingerprint density at radius 2 is 1.92 bits per heavy atom. The second-order valence-corrected chi connectivity index (χ2v) is 6.14. The van der Waals surface area contributed by atoms with E-state index in [0.717, 1.165) is 22.4 Å². The van der Waals surface area contributed by atoms with Gasteiger partial charge in [0.25, 0.3) is 0 Å². The molecular weight excluding hydrogens is 441 g/mol. The van der Waals surface area contributed by atoms with Gasteiger partial charge < -0.3 is 15.2 Å². The van der Waals surface area contributed by atoms with E-state index < -0.39 is 0 Å². The Morgan fingerprint density at radius 3 is 2.65 bits per heavy atom. The van der Waals surface area contributed by atoms with Gasteiger partial charge in [-0.3, -0.25) is 9.98 Å². The van der Waals surface area contributed by atoms with E-state index in [1.807, 2.05) is 36.5 Å². The molecule has 3 rings (SSSR count). The normalized spacial score (nSPS) is 11.5. The minimum atomic E-state index is 0. The van der Waals surface area contributed by atoms with E-state index in [1.165, 1.54) is 5.56 Å². The lowest BCUT2D eigenvalue weighted by Gasteiger charge is -2.12. The predicted molar refractivity (Wildman–Crippen MR) is 115 cm³/mol. The van der Waals surface area contributed by atoms with Crippen LogP contribution in [0, 0.1) is 0 Å². The van der Waals surface area contributed by atoms with E-state index in [9.17, 15) is 0 Å². The third kappa shape index (κ3) is 4.94. The summed E-state index contributed by atoms with van der Waals surface area (Å²) >= 11 is 0. The van der Waals surface area contributed by atoms with Gasteiger partial charge in [-0.15, -0.1) is 24.0 Å². The number of aromatic nitrogens is 2. The van der Waals surface area contributed by atoms with E-state index in [-0.39, 0.29) is 24.0 Å². The van der Waals surface area contributed by atoms with Crippen LogP contribution in [0.5, 0.6) is 0 Å². The number of halogens is 1. The molecule has 0 spiro atoms. The van der Waals surface area contributed by atoms with Crippen molar-refractivity contribution < 1.29 is 4.52 Å². The fourth-order valence-corrected chi connectivity index (χ4v) is 2.56. The van der Waals surface area contributed by atoms with Gasteiger partial charge >= 0.3 is 0 Å². The molecule has 138 valence electrons. The van der Waals surface area contributed by atoms with Crippen LogP contribution in [0.4, 0.5) is 0 Å². The molecule has 0 aliphatic heterocycles. The first kappa shape index (κ1) is 20.2. The molecule has 2 N–H and O–H groups in total. The van der Waals surface area contributed by atoms with Gasteiger partial charge in [-0.1, -0.05) is 37.2 Å². The molecule has 0 amide bonds. The van der Waals surface area contributed by atoms with Crippen LogP contribution < -0.4 is 10.6 Å². The van der Waals surface area contributed by atoms with Gasteiger partial charge in [0.2, 0.25) is 0 Å². The van der Waals surface area contributed by atoms with Crippen LogP contribution in [-0.2, 0) is 13.1 Å². The third-order valence-corrected chi connectivity index (χ3v) is 4.01. The first-order valence-corrected chi connectivity index (χ1v) is 8.40. The van der Waals surface area contributed by atoms with Gasteiger partial charge in [0.15, 0.2) is 11.7 Å². The SMILES string of the molecule is CN=C(NCc1cc(C(C)C)no1)NCc1ccnc2ccccc12.I. The predicted octanol–water partition coefficient (Wildman–Crippen LogP) is 3.83. The Morgan fingerprint density at radius 1 is 1.15 bits per heavy atom. The number of hydrogen-bond donors (Lipinski definition) is 2. The van der Waals surface area contributed by atoms with E-state index >= 15 is 0 Å². The molecule has 26 heavy (non-hydrogen) atoms. The second-order valence-electron chi connectivity index (χ2n) is 6.14. The van der Waals surface area contributed by atoms with E-state index in [1.54, 1.807) is 7.05 Å². The highest BCUT2D eigenvalue weighted by molar-refractivity contribution is 14.0. The number of guanidine groups is 1. The summed E-state index contributed by atoms with van der Waals surface area (Å²) in [4.78, 5) is 8.65. The van der Waals surface area contributed by atoms with Gasteiger partial charge in [0.1, 0.15) is 0 Å². The summed E-state index contributed by atoms with van der Waals surface area (Å²) in [6.07, 6.45) is 1.83. The van der Waals surface area contributed by atoms with Crippen LogP contribution >= 0.6 is 24.0 Å². The van der Waals surface area contributed by atoms with Gasteiger partial charge in [-0.2, -0.15) is 0 Å². The lowest BCUT2D eigenvalue weighted by Crippen LogP contribution is -2.36. The van der Waals surface area contributed by atoms with Gasteiger partial charge in [-0.05, 0) is 23.6 Å². The number of hydrogen-bond acceptors (Lipinski definition) is 4. The van der Waals surface area contributed by atoms with Crippen molar-refractivity contribution in [3.8, 4) is 0 Å². The summed E-state index contributed by atoms with van der Waals surface area (Å²) in [5.41, 5.74) is 3.13. The molecule has 0 saturated carbocycles. The topological polar surface area (TPSA) is 75.3 Å². The molecule has 0 atom stereocenters. The summed E-state index contributed by atoms with van der Waals surface area (Å²) in [5, 5.41) is 11.8. The van der Waals surface area contributed by atoms with Crippen molar-refractivity contribution in [2.75, 3.05) is 7.05 Å². The maximum Gasteiger partial charge on any atom is 0.191 e. The summed E-state index contributed by atoms with van der Waals surface area (Å²) in [6, 6.07) is 12.1.